The summed E-state index contributed by atoms with van der Waals surface area (Å²) in [6, 6.07) is 14.3. The molecule has 0 saturated carbocycles. The van der Waals surface area contributed by atoms with Crippen LogP contribution < -0.4 is 19.3 Å². The number of hydrogen-bond donors (Lipinski definition) is 0. The second-order valence-electron chi connectivity index (χ2n) is 7.91. The van der Waals surface area contributed by atoms with Gasteiger partial charge in [-0.05, 0) is 61.7 Å². The topological polar surface area (TPSA) is 45.3 Å². The fraction of sp³-hybridized carbons (Fsp3) is 0.435. The number of piperidine rings is 1. The van der Waals surface area contributed by atoms with Crippen LogP contribution in [0.2, 0.25) is 0 Å². The standard InChI is InChI=1S/C23H27N3O3/c27-23(18-4-9-21-22(16-18)29-17-28-21)26-14-12-25(13-15-26)20-7-5-19(6-8-20)24-10-2-1-3-11-24/h4-9,16H,1-3,10-15,17H2. The summed E-state index contributed by atoms with van der Waals surface area (Å²) >= 11 is 0. The largest absolute Gasteiger partial charge is 0.454 e. The molecule has 2 aromatic rings. The molecular weight excluding hydrogens is 366 g/mol. The average Bonchev–Trinajstić information content (AvgIpc) is 3.27. The highest BCUT2D eigenvalue weighted by Crippen LogP contribution is 2.33. The number of rotatable bonds is 3. The van der Waals surface area contributed by atoms with Gasteiger partial charge in [-0.25, -0.2) is 0 Å². The van der Waals surface area contributed by atoms with E-state index in [1.54, 1.807) is 6.07 Å². The Bertz CT molecular complexity index is 869. The zero-order valence-electron chi connectivity index (χ0n) is 16.7. The van der Waals surface area contributed by atoms with Crippen LogP contribution in [-0.4, -0.2) is 56.9 Å². The Morgan fingerprint density at radius 3 is 2.00 bits per heavy atom. The Morgan fingerprint density at radius 1 is 0.690 bits per heavy atom. The molecule has 5 rings (SSSR count). The molecule has 2 aromatic carbocycles. The van der Waals surface area contributed by atoms with Crippen molar-refractivity contribution in [1.82, 2.24) is 4.90 Å². The lowest BCUT2D eigenvalue weighted by atomic mass is 10.1. The Labute approximate surface area is 171 Å². The predicted octanol–water partition coefficient (Wildman–Crippen LogP) is 3.37. The minimum Gasteiger partial charge on any atom is -0.454 e. The van der Waals surface area contributed by atoms with Gasteiger partial charge >= 0.3 is 0 Å². The van der Waals surface area contributed by atoms with Crippen LogP contribution in [0.25, 0.3) is 0 Å². The number of nitrogens with zero attached hydrogens (tertiary/aromatic N) is 3. The van der Waals surface area contributed by atoms with Crippen molar-refractivity contribution in [2.75, 3.05) is 55.9 Å². The van der Waals surface area contributed by atoms with Gasteiger partial charge < -0.3 is 24.2 Å². The first kappa shape index (κ1) is 18.2. The first-order valence-corrected chi connectivity index (χ1v) is 10.6. The van der Waals surface area contributed by atoms with E-state index >= 15 is 0 Å². The van der Waals surface area contributed by atoms with Crippen molar-refractivity contribution >= 4 is 17.3 Å². The molecule has 0 atom stereocenters. The van der Waals surface area contributed by atoms with E-state index in [0.717, 1.165) is 26.2 Å². The molecule has 0 aromatic heterocycles. The van der Waals surface area contributed by atoms with Gasteiger partial charge in [-0.15, -0.1) is 0 Å². The molecule has 3 aliphatic rings. The van der Waals surface area contributed by atoms with Crippen molar-refractivity contribution in [2.24, 2.45) is 0 Å². The summed E-state index contributed by atoms with van der Waals surface area (Å²) in [6.07, 6.45) is 3.94. The summed E-state index contributed by atoms with van der Waals surface area (Å²) in [5, 5.41) is 0. The number of fused-ring (bicyclic) bond motifs is 1. The fourth-order valence-corrected chi connectivity index (χ4v) is 4.41. The van der Waals surface area contributed by atoms with Crippen molar-refractivity contribution in [1.29, 1.82) is 0 Å². The van der Waals surface area contributed by atoms with E-state index in [-0.39, 0.29) is 12.7 Å². The van der Waals surface area contributed by atoms with E-state index in [0.29, 0.717) is 17.1 Å². The van der Waals surface area contributed by atoms with Gasteiger partial charge in [0.05, 0.1) is 0 Å². The normalized spacial score (nSPS) is 18.8. The maximum Gasteiger partial charge on any atom is 0.254 e. The van der Waals surface area contributed by atoms with Crippen molar-refractivity contribution in [3.63, 3.8) is 0 Å². The van der Waals surface area contributed by atoms with Gasteiger partial charge in [0.1, 0.15) is 0 Å². The molecule has 0 unspecified atom stereocenters. The maximum absolute atomic E-state index is 12.9. The van der Waals surface area contributed by atoms with E-state index < -0.39 is 0 Å². The molecule has 0 spiro atoms. The van der Waals surface area contributed by atoms with E-state index in [1.807, 2.05) is 17.0 Å². The third kappa shape index (κ3) is 3.71. The Hall–Kier alpha value is -2.89. The Balaban J connectivity index is 1.19. The van der Waals surface area contributed by atoms with Crippen LogP contribution in [-0.2, 0) is 0 Å². The van der Waals surface area contributed by atoms with Gasteiger partial charge in [-0.2, -0.15) is 0 Å². The lowest BCUT2D eigenvalue weighted by molar-refractivity contribution is 0.0746. The van der Waals surface area contributed by atoms with Crippen molar-refractivity contribution in [3.8, 4) is 11.5 Å². The molecule has 29 heavy (non-hydrogen) atoms. The first-order valence-electron chi connectivity index (χ1n) is 10.6. The molecule has 0 N–H and O–H groups in total. The van der Waals surface area contributed by atoms with E-state index in [1.165, 1.54) is 43.7 Å². The molecule has 2 saturated heterocycles. The Morgan fingerprint density at radius 2 is 1.31 bits per heavy atom. The number of piperazine rings is 1. The van der Waals surface area contributed by atoms with Crippen LogP contribution in [0, 0.1) is 0 Å². The summed E-state index contributed by atoms with van der Waals surface area (Å²) in [5.74, 6) is 1.42. The van der Waals surface area contributed by atoms with Gasteiger partial charge in [0, 0.05) is 56.2 Å². The molecule has 3 aliphatic heterocycles. The van der Waals surface area contributed by atoms with Crippen LogP contribution in [0.5, 0.6) is 11.5 Å². The lowest BCUT2D eigenvalue weighted by Gasteiger charge is -2.36. The van der Waals surface area contributed by atoms with E-state index in [4.69, 9.17) is 9.47 Å². The molecule has 2 fully saturated rings. The predicted molar refractivity (Wildman–Crippen MR) is 113 cm³/mol. The number of anilines is 2. The van der Waals surface area contributed by atoms with Crippen LogP contribution in [0.3, 0.4) is 0 Å². The third-order valence-electron chi connectivity index (χ3n) is 6.12. The molecule has 0 aliphatic carbocycles. The summed E-state index contributed by atoms with van der Waals surface area (Å²) in [5.41, 5.74) is 3.22. The number of carbonyl (C=O) groups is 1. The molecule has 6 nitrogen and oxygen atoms in total. The zero-order valence-corrected chi connectivity index (χ0v) is 16.7. The quantitative estimate of drug-likeness (QED) is 0.800. The van der Waals surface area contributed by atoms with Crippen molar-refractivity contribution < 1.29 is 14.3 Å². The molecule has 0 radical (unpaired) electrons. The van der Waals surface area contributed by atoms with Crippen molar-refractivity contribution in [2.45, 2.75) is 19.3 Å². The number of amides is 1. The lowest BCUT2D eigenvalue weighted by Crippen LogP contribution is -2.48. The minimum atomic E-state index is 0.0587. The SMILES string of the molecule is O=C(c1ccc2c(c1)OCO2)N1CCN(c2ccc(N3CCCCC3)cc2)CC1. The number of hydrogen-bond acceptors (Lipinski definition) is 5. The first-order chi connectivity index (χ1) is 14.3. The summed E-state index contributed by atoms with van der Waals surface area (Å²) < 4.78 is 10.7. The van der Waals surface area contributed by atoms with Gasteiger partial charge in [-0.3, -0.25) is 4.79 Å². The highest BCUT2D eigenvalue weighted by Gasteiger charge is 2.24. The number of carbonyl (C=O) groups excluding carboxylic acids is 1. The number of benzene rings is 2. The molecule has 1 amide bonds. The van der Waals surface area contributed by atoms with E-state index in [9.17, 15) is 4.79 Å². The number of ether oxygens (including phenoxy) is 2. The van der Waals surface area contributed by atoms with Gasteiger partial charge in [-0.1, -0.05) is 0 Å². The summed E-state index contributed by atoms with van der Waals surface area (Å²) in [7, 11) is 0. The van der Waals surface area contributed by atoms with Gasteiger partial charge in [0.2, 0.25) is 6.79 Å². The highest BCUT2D eigenvalue weighted by molar-refractivity contribution is 5.95. The van der Waals surface area contributed by atoms with Gasteiger partial charge in [0.15, 0.2) is 11.5 Å². The third-order valence-corrected chi connectivity index (χ3v) is 6.12. The Kier molecular flexibility index (Phi) is 4.92. The van der Waals surface area contributed by atoms with Crippen molar-refractivity contribution in [3.05, 3.63) is 48.0 Å². The molecule has 152 valence electrons. The second kappa shape index (κ2) is 7.85. The monoisotopic (exact) mass is 393 g/mol. The van der Waals surface area contributed by atoms with Gasteiger partial charge in [0.25, 0.3) is 5.91 Å². The van der Waals surface area contributed by atoms with Crippen LogP contribution in [0.15, 0.2) is 42.5 Å². The molecule has 3 heterocycles. The summed E-state index contributed by atoms with van der Waals surface area (Å²) in [4.78, 5) is 19.6. The van der Waals surface area contributed by atoms with E-state index in [2.05, 4.69) is 34.1 Å². The van der Waals surface area contributed by atoms with Crippen LogP contribution >= 0.6 is 0 Å². The highest BCUT2D eigenvalue weighted by atomic mass is 16.7. The molecular formula is C23H27N3O3. The summed E-state index contributed by atoms with van der Waals surface area (Å²) in [6.45, 7) is 5.70. The second-order valence-corrected chi connectivity index (χ2v) is 7.91. The molecule has 0 bridgehead atoms. The fourth-order valence-electron chi connectivity index (χ4n) is 4.41. The zero-order chi connectivity index (χ0) is 19.6. The van der Waals surface area contributed by atoms with Crippen LogP contribution in [0.1, 0.15) is 29.6 Å². The maximum atomic E-state index is 12.9. The molecule has 6 heteroatoms. The minimum absolute atomic E-state index is 0.0587. The van der Waals surface area contributed by atoms with Crippen LogP contribution in [0.4, 0.5) is 11.4 Å². The smallest absolute Gasteiger partial charge is 0.254 e. The average molecular weight is 393 g/mol.